The number of thiazole rings is 1. The van der Waals surface area contributed by atoms with Crippen molar-refractivity contribution in [1.29, 1.82) is 0 Å². The summed E-state index contributed by atoms with van der Waals surface area (Å²) in [5.74, 6) is 1.29. The zero-order chi connectivity index (χ0) is 21.8. The van der Waals surface area contributed by atoms with Crippen molar-refractivity contribution in [3.8, 4) is 28.5 Å². The van der Waals surface area contributed by atoms with Gasteiger partial charge in [-0.2, -0.15) is 0 Å². The Bertz CT molecular complexity index is 1210. The molecule has 7 nitrogen and oxygen atoms in total. The summed E-state index contributed by atoms with van der Waals surface area (Å²) < 4.78 is 18.0. The van der Waals surface area contributed by atoms with Crippen LogP contribution in [0.5, 0.6) is 17.2 Å². The van der Waals surface area contributed by atoms with Gasteiger partial charge in [-0.3, -0.25) is 9.20 Å². The molecule has 4 rings (SSSR count). The zero-order valence-corrected chi connectivity index (χ0v) is 18.1. The van der Waals surface area contributed by atoms with E-state index < -0.39 is 0 Å². The largest absolute Gasteiger partial charge is 0.493 e. The van der Waals surface area contributed by atoms with Crippen molar-refractivity contribution in [3.63, 3.8) is 0 Å². The molecule has 0 aliphatic rings. The van der Waals surface area contributed by atoms with E-state index in [0.29, 0.717) is 22.9 Å². The van der Waals surface area contributed by atoms with Gasteiger partial charge in [0.2, 0.25) is 11.7 Å². The molecule has 0 atom stereocenters. The maximum atomic E-state index is 12.5. The van der Waals surface area contributed by atoms with Gasteiger partial charge in [0, 0.05) is 35.1 Å². The standard InChI is InChI=1S/C23H21N3O4S/c1-28-19-11-15(12-20(29-2)22(19)30-3)7-8-21(27)24-17-6-4-5-16(13-17)18-14-26-9-10-31-23(26)25-18/h4-14H,1-3H3,(H,24,27)/b8-7+. The van der Waals surface area contributed by atoms with Gasteiger partial charge in [-0.15, -0.1) is 11.3 Å². The highest BCUT2D eigenvalue weighted by molar-refractivity contribution is 7.15. The van der Waals surface area contributed by atoms with Crippen LogP contribution >= 0.6 is 11.3 Å². The van der Waals surface area contributed by atoms with Crippen molar-refractivity contribution in [2.75, 3.05) is 26.6 Å². The molecular weight excluding hydrogens is 414 g/mol. The molecule has 0 fully saturated rings. The summed E-state index contributed by atoms with van der Waals surface area (Å²) in [4.78, 5) is 18.0. The maximum absolute atomic E-state index is 12.5. The fraction of sp³-hybridized carbons (Fsp3) is 0.130. The number of fused-ring (bicyclic) bond motifs is 1. The Hall–Kier alpha value is -3.78. The second-order valence-corrected chi connectivity index (χ2v) is 7.45. The summed E-state index contributed by atoms with van der Waals surface area (Å²) in [6.07, 6.45) is 7.08. The number of hydrogen-bond acceptors (Lipinski definition) is 6. The van der Waals surface area contributed by atoms with Gasteiger partial charge in [-0.05, 0) is 35.9 Å². The smallest absolute Gasteiger partial charge is 0.248 e. The van der Waals surface area contributed by atoms with Crippen LogP contribution in [0.25, 0.3) is 22.3 Å². The topological polar surface area (TPSA) is 74.1 Å². The molecular formula is C23H21N3O4S. The first-order valence-electron chi connectivity index (χ1n) is 9.43. The molecule has 8 heteroatoms. The maximum Gasteiger partial charge on any atom is 0.248 e. The molecule has 2 heterocycles. The molecule has 1 N–H and O–H groups in total. The minimum atomic E-state index is -0.253. The van der Waals surface area contributed by atoms with Crippen LogP contribution in [-0.4, -0.2) is 36.6 Å². The SMILES string of the molecule is COc1cc(/C=C/C(=O)Nc2cccc(-c3cn4ccsc4n3)c2)cc(OC)c1OC. The first-order chi connectivity index (χ1) is 15.1. The first kappa shape index (κ1) is 20.5. The van der Waals surface area contributed by atoms with Gasteiger partial charge >= 0.3 is 0 Å². The summed E-state index contributed by atoms with van der Waals surface area (Å²) in [7, 11) is 4.65. The van der Waals surface area contributed by atoms with Crippen LogP contribution < -0.4 is 19.5 Å². The molecule has 158 valence electrons. The lowest BCUT2D eigenvalue weighted by Crippen LogP contribution is -2.07. The van der Waals surface area contributed by atoms with E-state index in [1.807, 2.05) is 46.4 Å². The number of anilines is 1. The van der Waals surface area contributed by atoms with E-state index in [9.17, 15) is 4.79 Å². The van der Waals surface area contributed by atoms with Gasteiger partial charge < -0.3 is 19.5 Å². The molecule has 0 aliphatic heterocycles. The summed E-state index contributed by atoms with van der Waals surface area (Å²) >= 11 is 1.58. The lowest BCUT2D eigenvalue weighted by Gasteiger charge is -2.12. The first-order valence-corrected chi connectivity index (χ1v) is 10.3. The quantitative estimate of drug-likeness (QED) is 0.425. The molecule has 1 amide bonds. The van der Waals surface area contributed by atoms with Crippen LogP contribution in [0, 0.1) is 0 Å². The van der Waals surface area contributed by atoms with Gasteiger partial charge in [-0.25, -0.2) is 4.98 Å². The second-order valence-electron chi connectivity index (χ2n) is 6.58. The number of rotatable bonds is 7. The Morgan fingerprint density at radius 2 is 1.87 bits per heavy atom. The van der Waals surface area contributed by atoms with E-state index >= 15 is 0 Å². The van der Waals surface area contributed by atoms with Crippen LogP contribution in [0.4, 0.5) is 5.69 Å². The van der Waals surface area contributed by atoms with Crippen LogP contribution in [0.3, 0.4) is 0 Å². The minimum absolute atomic E-state index is 0.253. The monoisotopic (exact) mass is 435 g/mol. The molecule has 2 aromatic carbocycles. The Morgan fingerprint density at radius 3 is 2.55 bits per heavy atom. The van der Waals surface area contributed by atoms with Crippen molar-refractivity contribution >= 4 is 34.0 Å². The number of nitrogens with one attached hydrogen (secondary N) is 1. The molecule has 0 saturated carbocycles. The molecule has 0 spiro atoms. The van der Waals surface area contributed by atoms with E-state index in [4.69, 9.17) is 14.2 Å². The van der Waals surface area contributed by atoms with Crippen LogP contribution in [0.1, 0.15) is 5.56 Å². The molecule has 0 aliphatic carbocycles. The van der Waals surface area contributed by atoms with E-state index in [-0.39, 0.29) is 5.91 Å². The number of methoxy groups -OCH3 is 3. The van der Waals surface area contributed by atoms with Gasteiger partial charge in [0.15, 0.2) is 16.5 Å². The van der Waals surface area contributed by atoms with E-state index in [2.05, 4.69) is 10.3 Å². The Balaban J connectivity index is 1.50. The highest BCUT2D eigenvalue weighted by atomic mass is 32.1. The minimum Gasteiger partial charge on any atom is -0.493 e. The molecule has 0 radical (unpaired) electrons. The third-order valence-electron chi connectivity index (χ3n) is 4.63. The van der Waals surface area contributed by atoms with Gasteiger partial charge in [0.05, 0.1) is 27.0 Å². The lowest BCUT2D eigenvalue weighted by molar-refractivity contribution is -0.111. The van der Waals surface area contributed by atoms with E-state index in [1.54, 1.807) is 50.9 Å². The molecule has 0 bridgehead atoms. The Labute approximate surface area is 183 Å². The number of aromatic nitrogens is 2. The number of carbonyl (C=O) groups is 1. The molecule has 2 aromatic heterocycles. The predicted octanol–water partition coefficient (Wildman–Crippen LogP) is 4.74. The molecule has 31 heavy (non-hydrogen) atoms. The zero-order valence-electron chi connectivity index (χ0n) is 17.3. The summed E-state index contributed by atoms with van der Waals surface area (Å²) in [5.41, 5.74) is 3.23. The van der Waals surface area contributed by atoms with Gasteiger partial charge in [0.25, 0.3) is 0 Å². The number of benzene rings is 2. The Kier molecular flexibility index (Phi) is 5.90. The normalized spacial score (nSPS) is 11.1. The molecule has 0 saturated heterocycles. The Morgan fingerprint density at radius 1 is 1.10 bits per heavy atom. The third kappa shape index (κ3) is 4.39. The fourth-order valence-electron chi connectivity index (χ4n) is 3.18. The molecule has 4 aromatic rings. The van der Waals surface area contributed by atoms with Crippen molar-refractivity contribution in [2.24, 2.45) is 0 Å². The average Bonchev–Trinajstić information content (AvgIpc) is 3.39. The number of amides is 1. The van der Waals surface area contributed by atoms with Crippen LogP contribution in [0.2, 0.25) is 0 Å². The second kappa shape index (κ2) is 8.93. The highest BCUT2D eigenvalue weighted by Crippen LogP contribution is 2.38. The lowest BCUT2D eigenvalue weighted by atomic mass is 10.1. The van der Waals surface area contributed by atoms with Crippen molar-refractivity contribution in [3.05, 3.63) is 65.8 Å². The van der Waals surface area contributed by atoms with Crippen molar-refractivity contribution < 1.29 is 19.0 Å². The van der Waals surface area contributed by atoms with Crippen molar-refractivity contribution in [1.82, 2.24) is 9.38 Å². The van der Waals surface area contributed by atoms with E-state index in [0.717, 1.165) is 21.8 Å². The average molecular weight is 436 g/mol. The number of ether oxygens (including phenoxy) is 3. The van der Waals surface area contributed by atoms with Gasteiger partial charge in [0.1, 0.15) is 0 Å². The van der Waals surface area contributed by atoms with Crippen LogP contribution in [0.15, 0.2) is 60.2 Å². The summed E-state index contributed by atoms with van der Waals surface area (Å²) in [5, 5.41) is 4.87. The summed E-state index contributed by atoms with van der Waals surface area (Å²) in [6, 6.07) is 11.1. The van der Waals surface area contributed by atoms with E-state index in [1.165, 1.54) is 6.08 Å². The summed E-state index contributed by atoms with van der Waals surface area (Å²) in [6.45, 7) is 0. The van der Waals surface area contributed by atoms with Crippen molar-refractivity contribution in [2.45, 2.75) is 0 Å². The number of nitrogens with zero attached hydrogens (tertiary/aromatic N) is 2. The van der Waals surface area contributed by atoms with Crippen LogP contribution in [-0.2, 0) is 4.79 Å². The highest BCUT2D eigenvalue weighted by Gasteiger charge is 2.12. The number of imidazole rings is 1. The predicted molar refractivity (Wildman–Crippen MR) is 122 cm³/mol. The number of hydrogen-bond donors (Lipinski definition) is 1. The van der Waals surface area contributed by atoms with Gasteiger partial charge in [-0.1, -0.05) is 12.1 Å². The molecule has 0 unspecified atom stereocenters. The number of carbonyl (C=O) groups excluding carboxylic acids is 1. The third-order valence-corrected chi connectivity index (χ3v) is 5.40. The fourth-order valence-corrected chi connectivity index (χ4v) is 3.88.